The Kier molecular flexibility index (Phi) is 12.4. The van der Waals surface area contributed by atoms with E-state index in [9.17, 15) is 34.5 Å². The van der Waals surface area contributed by atoms with E-state index < -0.39 is 46.3 Å². The number of tetrazole rings is 1. The van der Waals surface area contributed by atoms with Gasteiger partial charge in [-0.15, -0.1) is 34.9 Å². The van der Waals surface area contributed by atoms with Crippen molar-refractivity contribution in [2.75, 3.05) is 17.2 Å². The molecule has 18 nitrogen and oxygen atoms in total. The summed E-state index contributed by atoms with van der Waals surface area (Å²) in [4.78, 5) is 62.8. The first-order valence-corrected chi connectivity index (χ1v) is 18.3. The number of amides is 2. The summed E-state index contributed by atoms with van der Waals surface area (Å²) in [7, 11) is 0. The number of thioether (sulfide) groups is 2. The largest absolute Gasteiger partial charge is 1.00 e. The van der Waals surface area contributed by atoms with Crippen LogP contribution in [0.15, 0.2) is 57.7 Å². The average Bonchev–Trinajstić information content (AvgIpc) is 3.81. The van der Waals surface area contributed by atoms with Crippen molar-refractivity contribution >= 4 is 86.6 Å². The molecule has 5 heterocycles. The number of hydrogen-bond acceptors (Lipinski definition) is 17. The molecule has 0 unspecified atom stereocenters. The number of benzene rings is 1. The van der Waals surface area contributed by atoms with Crippen molar-refractivity contribution in [1.29, 1.82) is 0 Å². The number of halogens is 1. The standard InChI is InChI=1S/C30H27ClN10O8S3.Na/c1-30(2,28(47)48)49-37-20(16-12-52-29(32)33-16)25(45)34-21-26(46)41-22(24-35-38-39-36-24)13(11-51-27(21)41)10-50-14-5-7-40(8-6-14)9-18(43)15-3-4-17(42)23(44)19(15)31;/h3-8,12,21,27H,9-11H2,1-2H3,(H6-,32,33,34,35,36,37,38,39,42,43,44,45,47,48);/q;+1/p-1/t21-,27-;/m1./s1. The minimum absolute atomic E-state index is 0. The van der Waals surface area contributed by atoms with Crippen LogP contribution in [0.5, 0.6) is 11.5 Å². The Hall–Kier alpha value is -4.25. The molecule has 53 heavy (non-hydrogen) atoms. The van der Waals surface area contributed by atoms with Crippen molar-refractivity contribution in [2.45, 2.75) is 42.3 Å². The summed E-state index contributed by atoms with van der Waals surface area (Å²) in [6, 6.07) is 5.15. The number of oxime groups is 1. The van der Waals surface area contributed by atoms with Gasteiger partial charge in [0.1, 0.15) is 17.1 Å². The van der Waals surface area contributed by atoms with Crippen molar-refractivity contribution in [2.24, 2.45) is 5.16 Å². The molecule has 1 fully saturated rings. The number of carbonyl (C=O) groups is 4. The maximum Gasteiger partial charge on any atom is 1.00 e. The van der Waals surface area contributed by atoms with E-state index in [2.05, 4.69) is 36.1 Å². The number of carboxylic acid groups (broad SMARTS) is 1. The summed E-state index contributed by atoms with van der Waals surface area (Å²) in [5.41, 5.74) is 4.81. The van der Waals surface area contributed by atoms with Crippen molar-refractivity contribution in [3.8, 4) is 11.5 Å². The monoisotopic (exact) mass is 808 g/mol. The van der Waals surface area contributed by atoms with E-state index in [-0.39, 0.29) is 74.8 Å². The van der Waals surface area contributed by atoms with Gasteiger partial charge < -0.3 is 41.1 Å². The number of carbonyl (C=O) groups excluding carboxylic acids is 4. The second-order valence-corrected chi connectivity index (χ2v) is 15.0. The number of thiazole rings is 1. The van der Waals surface area contributed by atoms with E-state index >= 15 is 0 Å². The zero-order valence-electron chi connectivity index (χ0n) is 27.9. The van der Waals surface area contributed by atoms with Gasteiger partial charge in [0.2, 0.25) is 12.3 Å². The number of carboxylic acids is 1. The Labute approximate surface area is 339 Å². The van der Waals surface area contributed by atoms with Crippen LogP contribution in [0, 0.1) is 0 Å². The maximum atomic E-state index is 13.6. The van der Waals surface area contributed by atoms with Crippen LogP contribution in [0.3, 0.4) is 0 Å². The molecule has 23 heteroatoms. The predicted octanol–water partition coefficient (Wildman–Crippen LogP) is -3.04. The molecular formula is C30H26ClN10NaO8S3. The van der Waals surface area contributed by atoms with E-state index in [1.807, 2.05) is 12.1 Å². The second kappa shape index (κ2) is 16.4. The molecule has 1 aromatic carbocycles. The first kappa shape index (κ1) is 39.9. The molecule has 270 valence electrons. The van der Waals surface area contributed by atoms with Gasteiger partial charge in [0.15, 0.2) is 40.3 Å². The smallest absolute Gasteiger partial charge is 0.546 e. The zero-order valence-corrected chi connectivity index (χ0v) is 33.1. The molecule has 0 saturated carbocycles. The zero-order chi connectivity index (χ0) is 37.3. The van der Waals surface area contributed by atoms with Crippen LogP contribution in [0.4, 0.5) is 5.13 Å². The molecule has 6 rings (SSSR count). The number of nitrogens with zero attached hydrogens (tertiary/aromatic N) is 8. The molecule has 5 N–H and O–H groups in total. The molecule has 0 spiro atoms. The normalized spacial score (nSPS) is 17.1. The number of hydrogen-bond donors (Lipinski definition) is 4. The van der Waals surface area contributed by atoms with Crippen LogP contribution in [-0.4, -0.2) is 93.4 Å². The number of aliphatic carboxylic acids is 1. The number of phenols is 2. The van der Waals surface area contributed by atoms with Gasteiger partial charge in [0, 0.05) is 39.5 Å². The van der Waals surface area contributed by atoms with E-state index in [1.54, 1.807) is 17.0 Å². The number of pyridine rings is 1. The summed E-state index contributed by atoms with van der Waals surface area (Å²) in [5, 5.41) is 53.2. The Bertz CT molecular complexity index is 2130. The summed E-state index contributed by atoms with van der Waals surface area (Å²) in [6.07, 6.45) is 3.41. The van der Waals surface area contributed by atoms with E-state index in [1.165, 1.54) is 59.8 Å². The fraction of sp³-hybridized carbons (Fsp3) is 0.267. The number of ketones is 1. The van der Waals surface area contributed by atoms with Crippen molar-refractivity contribution in [3.63, 3.8) is 0 Å². The molecule has 0 bridgehead atoms. The fourth-order valence-electron chi connectivity index (χ4n) is 4.89. The molecular weight excluding hydrogens is 783 g/mol. The third-order valence-electron chi connectivity index (χ3n) is 7.70. The van der Waals surface area contributed by atoms with E-state index in [0.717, 1.165) is 21.8 Å². The van der Waals surface area contributed by atoms with Crippen molar-refractivity contribution in [1.82, 2.24) is 35.8 Å². The Morgan fingerprint density at radius 1 is 1.26 bits per heavy atom. The van der Waals surface area contributed by atoms with Crippen LogP contribution in [-0.2, 0) is 25.8 Å². The molecule has 0 radical (unpaired) electrons. The van der Waals surface area contributed by atoms with Crippen LogP contribution >= 0.6 is 46.5 Å². The Morgan fingerprint density at radius 3 is 2.64 bits per heavy atom. The summed E-state index contributed by atoms with van der Waals surface area (Å²) in [6.45, 7) is 2.33. The number of aromatic nitrogens is 6. The molecule has 0 aliphatic carbocycles. The second-order valence-electron chi connectivity index (χ2n) is 11.6. The summed E-state index contributed by atoms with van der Waals surface area (Å²) < 4.78 is 1.64. The molecule has 1 saturated heterocycles. The predicted molar refractivity (Wildman–Crippen MR) is 185 cm³/mol. The third-order valence-corrected chi connectivity index (χ3v) is 11.2. The van der Waals surface area contributed by atoms with E-state index in [0.29, 0.717) is 17.2 Å². The molecule has 2 aliphatic rings. The number of phenolic OH excluding ortho intramolecular Hbond substituents is 2. The number of β-lactam (4-membered cyclic amide) rings is 1. The molecule has 2 amide bonds. The van der Waals surface area contributed by atoms with Crippen LogP contribution < -0.4 is 55.4 Å². The summed E-state index contributed by atoms with van der Waals surface area (Å²) in [5.74, 6) is -3.23. The number of Topliss-reactive ketones (excluding diaryl/α,β-unsaturated/α-hetero) is 1. The average molecular weight is 809 g/mol. The van der Waals surface area contributed by atoms with Gasteiger partial charge in [-0.3, -0.25) is 29.6 Å². The van der Waals surface area contributed by atoms with Gasteiger partial charge in [-0.2, -0.15) is 9.78 Å². The quantitative estimate of drug-likeness (QED) is 0.0153. The van der Waals surface area contributed by atoms with Crippen LogP contribution in [0.2, 0.25) is 5.02 Å². The number of anilines is 1. The topological polar surface area (TPSA) is 264 Å². The van der Waals surface area contributed by atoms with Gasteiger partial charge >= 0.3 is 29.6 Å². The Morgan fingerprint density at radius 2 is 2.00 bits per heavy atom. The maximum absolute atomic E-state index is 13.6. The minimum Gasteiger partial charge on any atom is -0.546 e. The molecule has 3 aromatic heterocycles. The Balaban J connectivity index is 0.00000541. The number of nitrogens with two attached hydrogens (primary N) is 1. The van der Waals surface area contributed by atoms with Gasteiger partial charge in [0.05, 0.1) is 22.5 Å². The molecule has 2 aliphatic heterocycles. The van der Waals surface area contributed by atoms with Gasteiger partial charge in [0.25, 0.3) is 11.8 Å². The van der Waals surface area contributed by atoms with Crippen molar-refractivity contribution < 1.29 is 73.5 Å². The number of nitrogen functional groups attached to an aromatic ring is 1. The van der Waals surface area contributed by atoms with Crippen LogP contribution in [0.25, 0.3) is 5.70 Å². The minimum atomic E-state index is -1.87. The van der Waals surface area contributed by atoms with Gasteiger partial charge in [-0.25, -0.2) is 4.98 Å². The molecule has 4 aromatic rings. The SMILES string of the molecule is CC(C)(O/N=C(\C(=O)N[C@@H]1C(=O)N2C(c3nnn[n-]3)=C(CSc3cc[n+](CC(=O)c4ccc(O)c(O)c4Cl)cc3)CS[C@H]12)c1csc(N)n1)C(=O)[O-].[Na+]. The van der Waals surface area contributed by atoms with E-state index in [4.69, 9.17) is 22.2 Å². The fourth-order valence-corrected chi connectivity index (χ4v) is 8.07. The molecule has 2 atom stereocenters. The number of rotatable bonds is 13. The van der Waals surface area contributed by atoms with Crippen molar-refractivity contribution in [3.05, 3.63) is 69.7 Å². The third kappa shape index (κ3) is 8.45. The van der Waals surface area contributed by atoms with Crippen LogP contribution in [0.1, 0.15) is 35.7 Å². The van der Waals surface area contributed by atoms with Gasteiger partial charge in [-0.05, 0) is 31.6 Å². The number of fused-ring (bicyclic) bond motifs is 1. The number of aromatic hydroxyl groups is 2. The summed E-state index contributed by atoms with van der Waals surface area (Å²) >= 11 is 9.93. The number of nitrogens with one attached hydrogen (secondary N) is 1. The van der Waals surface area contributed by atoms with Gasteiger partial charge in [-0.1, -0.05) is 16.8 Å². The first-order chi connectivity index (χ1) is 24.7. The first-order valence-electron chi connectivity index (χ1n) is 15.0.